The van der Waals surface area contributed by atoms with Gasteiger partial charge in [0, 0.05) is 32.7 Å². The van der Waals surface area contributed by atoms with Crippen molar-refractivity contribution in [2.45, 2.75) is 27.7 Å². The van der Waals surface area contributed by atoms with E-state index < -0.39 is 0 Å². The zero-order chi connectivity index (χ0) is 5.58. The van der Waals surface area contributed by atoms with Gasteiger partial charge in [0.15, 0.2) is 0 Å². The Balaban J connectivity index is -0.0000000183. The van der Waals surface area contributed by atoms with Gasteiger partial charge in [0.2, 0.25) is 0 Å². The molecule has 0 aliphatic rings. The molecule has 0 atom stereocenters. The van der Waals surface area contributed by atoms with Crippen molar-refractivity contribution in [2.75, 3.05) is 0 Å². The Kier molecular flexibility index (Phi) is 66.1. The molecule has 0 N–H and O–H groups in total. The molecule has 0 bridgehead atoms. The van der Waals surface area contributed by atoms with Crippen LogP contribution in [-0.2, 0) is 52.1 Å². The van der Waals surface area contributed by atoms with Gasteiger partial charge in [-0.3, -0.25) is 0 Å². The molecule has 0 aromatic rings. The molecule has 0 nitrogen and oxygen atoms in total. The van der Waals surface area contributed by atoms with Crippen LogP contribution in [0.15, 0.2) is 0 Å². The maximum Gasteiger partial charge on any atom is 0 e. The van der Waals surface area contributed by atoms with Gasteiger partial charge in [-0.2, -0.15) is 0 Å². The first-order valence-corrected chi connectivity index (χ1v) is 3.67. The van der Waals surface area contributed by atoms with Crippen molar-refractivity contribution in [3.05, 3.63) is 7.43 Å². The molecule has 0 spiro atoms. The fourth-order valence-electron chi connectivity index (χ4n) is 0. The van der Waals surface area contributed by atoms with E-state index in [1.165, 1.54) is 3.90 Å². The summed E-state index contributed by atoms with van der Waals surface area (Å²) in [6.45, 7) is 8.24. The molecule has 0 aliphatic carbocycles. The van der Waals surface area contributed by atoms with Gasteiger partial charge >= 0.3 is 37.1 Å². The Morgan fingerprint density at radius 2 is 1.12 bits per heavy atom. The van der Waals surface area contributed by atoms with Gasteiger partial charge in [0.25, 0.3) is 0 Å². The van der Waals surface area contributed by atoms with Crippen LogP contribution in [0.1, 0.15) is 27.7 Å². The Bertz CT molecular complexity index is 31.5. The van der Waals surface area contributed by atoms with E-state index in [1.54, 1.807) is 19.4 Å². The first kappa shape index (κ1) is 22.6. The van der Waals surface area contributed by atoms with E-state index in [1.807, 2.05) is 13.8 Å². The molecule has 0 amide bonds. The molecule has 0 saturated heterocycles. The molecule has 0 saturated carbocycles. The summed E-state index contributed by atoms with van der Waals surface area (Å²) < 4.78 is 1.50. The fraction of sp³-hybridized carbons (Fsp3) is 0.667. The van der Waals surface area contributed by atoms with Crippen LogP contribution in [0, 0.1) is 7.43 Å². The first-order valence-electron chi connectivity index (χ1n) is 2.20. The van der Waals surface area contributed by atoms with E-state index in [0.29, 0.717) is 0 Å². The predicted octanol–water partition coefficient (Wildman–Crippen LogP) is 2.22. The largest absolute Gasteiger partial charge is 0.358 e. The van der Waals surface area contributed by atoms with Crippen molar-refractivity contribution in [1.29, 1.82) is 0 Å². The molecule has 0 fully saturated rings. The third-order valence-corrected chi connectivity index (χ3v) is 0. The third kappa shape index (κ3) is 123. The SMILES string of the molecule is CC.C[C](C)=[W].[CH3-].[Y]. The van der Waals surface area contributed by atoms with Crippen molar-refractivity contribution in [2.24, 2.45) is 0 Å². The average Bonchev–Trinajstić information content (AvgIpc) is 1.41. The maximum atomic E-state index is 2.12. The average molecular weight is 360 g/mol. The zero-order valence-electron chi connectivity index (χ0n) is 6.49. The van der Waals surface area contributed by atoms with Gasteiger partial charge in [-0.15, -0.1) is 0 Å². The van der Waals surface area contributed by atoms with E-state index in [4.69, 9.17) is 0 Å². The summed E-state index contributed by atoms with van der Waals surface area (Å²) in [5, 5.41) is 0. The summed E-state index contributed by atoms with van der Waals surface area (Å²) in [6.07, 6.45) is 0. The standard InChI is InChI=1S/C3H6.C2H6.CH3.W.Y/c1-3-2;1-2;;;/h1-2H3;1-2H3;1H3;;/q;;-1;;. The Hall–Kier alpha value is 1.66. The molecular weight excluding hydrogens is 345 g/mol. The third-order valence-electron chi connectivity index (χ3n) is 0. The van der Waals surface area contributed by atoms with E-state index in [2.05, 4.69) is 13.8 Å². The van der Waals surface area contributed by atoms with Crippen molar-refractivity contribution < 1.29 is 52.1 Å². The Labute approximate surface area is 90.1 Å². The molecule has 2 heteroatoms. The second-order valence-corrected chi connectivity index (χ2v) is 3.84. The summed E-state index contributed by atoms with van der Waals surface area (Å²) in [5.41, 5.74) is 0. The van der Waals surface area contributed by atoms with Gasteiger partial charge in [0.1, 0.15) is 0 Å². The predicted molar refractivity (Wildman–Crippen MR) is 34.1 cm³/mol. The summed E-state index contributed by atoms with van der Waals surface area (Å²) in [6, 6.07) is 0. The molecule has 0 aliphatic heterocycles. The van der Waals surface area contributed by atoms with Crippen molar-refractivity contribution in [1.82, 2.24) is 0 Å². The summed E-state index contributed by atoms with van der Waals surface area (Å²) in [5.74, 6) is 0. The van der Waals surface area contributed by atoms with Crippen LogP contribution in [0.3, 0.4) is 0 Å². The summed E-state index contributed by atoms with van der Waals surface area (Å²) in [7, 11) is 0. The topological polar surface area (TPSA) is 0 Å². The van der Waals surface area contributed by atoms with Crippen LogP contribution in [-0.4, -0.2) is 3.90 Å². The number of rotatable bonds is 0. The van der Waals surface area contributed by atoms with Gasteiger partial charge < -0.3 is 7.43 Å². The second kappa shape index (κ2) is 23.4. The van der Waals surface area contributed by atoms with Crippen LogP contribution in [0.4, 0.5) is 0 Å². The Morgan fingerprint density at radius 3 is 1.12 bits per heavy atom. The minimum atomic E-state index is 0. The maximum absolute atomic E-state index is 2.12. The van der Waals surface area contributed by atoms with Crippen molar-refractivity contribution in [3.8, 4) is 0 Å². The van der Waals surface area contributed by atoms with Crippen molar-refractivity contribution >= 4 is 3.90 Å². The molecule has 1 radical (unpaired) electrons. The van der Waals surface area contributed by atoms with Crippen LogP contribution in [0.25, 0.3) is 0 Å². The van der Waals surface area contributed by atoms with Gasteiger partial charge in [-0.1, -0.05) is 13.8 Å². The summed E-state index contributed by atoms with van der Waals surface area (Å²) in [4.78, 5) is 0. The fourth-order valence-corrected chi connectivity index (χ4v) is 0. The Morgan fingerprint density at radius 1 is 1.12 bits per heavy atom. The zero-order valence-corrected chi connectivity index (χ0v) is 12.3. The number of hydrogen-bond acceptors (Lipinski definition) is 0. The minimum absolute atomic E-state index is 0. The monoisotopic (exact) mass is 360 g/mol. The van der Waals surface area contributed by atoms with Crippen LogP contribution >= 0.6 is 0 Å². The van der Waals surface area contributed by atoms with E-state index >= 15 is 0 Å². The minimum Gasteiger partial charge on any atom is -0.358 e. The molecule has 0 rings (SSSR count). The smallest absolute Gasteiger partial charge is 0 e. The van der Waals surface area contributed by atoms with Crippen LogP contribution < -0.4 is 0 Å². The molecule has 8 heavy (non-hydrogen) atoms. The van der Waals surface area contributed by atoms with E-state index in [-0.39, 0.29) is 40.1 Å². The van der Waals surface area contributed by atoms with Gasteiger partial charge in [-0.05, 0) is 0 Å². The molecule has 0 aromatic carbocycles. The summed E-state index contributed by atoms with van der Waals surface area (Å²) >= 11 is 1.59. The molecule has 0 unspecified atom stereocenters. The number of hydrogen-bond donors (Lipinski definition) is 0. The quantitative estimate of drug-likeness (QED) is 0.582. The van der Waals surface area contributed by atoms with E-state index in [9.17, 15) is 0 Å². The van der Waals surface area contributed by atoms with Gasteiger partial charge in [-0.25, -0.2) is 0 Å². The first-order chi connectivity index (χ1) is 2.73. The molecule has 0 aromatic heterocycles. The second-order valence-electron chi connectivity index (χ2n) is 0.908. The molecular formula is C6H15WY-. The van der Waals surface area contributed by atoms with Crippen LogP contribution in [0.5, 0.6) is 0 Å². The van der Waals surface area contributed by atoms with Crippen molar-refractivity contribution in [3.63, 3.8) is 0 Å². The van der Waals surface area contributed by atoms with Gasteiger partial charge in [0.05, 0.1) is 0 Å². The van der Waals surface area contributed by atoms with E-state index in [0.717, 1.165) is 0 Å². The molecule has 0 heterocycles. The molecule has 49 valence electrons. The normalized spacial score (nSPS) is 4.00. The van der Waals surface area contributed by atoms with Crippen LogP contribution in [0.2, 0.25) is 0 Å².